The Morgan fingerprint density at radius 1 is 1.31 bits per heavy atom. The number of rotatable bonds is 3. The van der Waals surface area contributed by atoms with E-state index in [1.807, 2.05) is 24.3 Å². The molecule has 0 amide bonds. The highest BCUT2D eigenvalue weighted by Gasteiger charge is 2.31. The summed E-state index contributed by atoms with van der Waals surface area (Å²) in [6.07, 6.45) is 4.21. The third-order valence-electron chi connectivity index (χ3n) is 3.37. The molecule has 1 fully saturated rings. The van der Waals surface area contributed by atoms with Crippen molar-refractivity contribution in [2.24, 2.45) is 0 Å². The minimum Gasteiger partial charge on any atom is -0.394 e. The molecule has 1 unspecified atom stereocenters. The first kappa shape index (κ1) is 11.9. The van der Waals surface area contributed by atoms with E-state index in [2.05, 4.69) is 5.32 Å². The summed E-state index contributed by atoms with van der Waals surface area (Å²) in [5.74, 6) is 0. The number of aliphatic hydroxyl groups is 1. The molecule has 2 rings (SSSR count). The Morgan fingerprint density at radius 3 is 2.75 bits per heavy atom. The second kappa shape index (κ2) is 5.17. The van der Waals surface area contributed by atoms with Gasteiger partial charge >= 0.3 is 0 Å². The molecule has 16 heavy (non-hydrogen) atoms. The van der Waals surface area contributed by atoms with Gasteiger partial charge in [0.15, 0.2) is 0 Å². The molecule has 1 atom stereocenters. The summed E-state index contributed by atoms with van der Waals surface area (Å²) < 4.78 is 0. The molecule has 0 radical (unpaired) electrons. The van der Waals surface area contributed by atoms with E-state index in [9.17, 15) is 5.11 Å². The van der Waals surface area contributed by atoms with Crippen molar-refractivity contribution in [3.05, 3.63) is 34.9 Å². The van der Waals surface area contributed by atoms with Gasteiger partial charge in [-0.25, -0.2) is 0 Å². The summed E-state index contributed by atoms with van der Waals surface area (Å²) in [5, 5.41) is 13.8. The van der Waals surface area contributed by atoms with E-state index in [4.69, 9.17) is 11.6 Å². The van der Waals surface area contributed by atoms with Gasteiger partial charge in [-0.2, -0.15) is 0 Å². The van der Waals surface area contributed by atoms with E-state index < -0.39 is 0 Å². The van der Waals surface area contributed by atoms with E-state index in [-0.39, 0.29) is 12.1 Å². The predicted molar refractivity (Wildman–Crippen MR) is 66.8 cm³/mol. The van der Waals surface area contributed by atoms with E-state index >= 15 is 0 Å². The maximum absolute atomic E-state index is 9.59. The van der Waals surface area contributed by atoms with Crippen molar-refractivity contribution in [1.29, 1.82) is 0 Å². The molecule has 1 aliphatic heterocycles. The number of aliphatic hydroxyl groups excluding tert-OH is 1. The van der Waals surface area contributed by atoms with Crippen molar-refractivity contribution in [2.45, 2.75) is 31.2 Å². The molecule has 0 spiro atoms. The van der Waals surface area contributed by atoms with Gasteiger partial charge in [0.2, 0.25) is 0 Å². The zero-order valence-corrected chi connectivity index (χ0v) is 10.1. The van der Waals surface area contributed by atoms with Crippen molar-refractivity contribution in [2.75, 3.05) is 13.2 Å². The van der Waals surface area contributed by atoms with Gasteiger partial charge in [0.1, 0.15) is 0 Å². The zero-order valence-electron chi connectivity index (χ0n) is 9.38. The molecule has 1 aliphatic rings. The molecule has 1 saturated heterocycles. The van der Waals surface area contributed by atoms with Crippen LogP contribution in [-0.2, 0) is 6.42 Å². The quantitative estimate of drug-likeness (QED) is 0.849. The molecule has 0 saturated carbocycles. The molecule has 0 aromatic heterocycles. The molecule has 2 nitrogen and oxygen atoms in total. The lowest BCUT2D eigenvalue weighted by atomic mass is 9.84. The summed E-state index contributed by atoms with van der Waals surface area (Å²) in [6.45, 7) is 1.17. The standard InChI is InChI=1S/C13H18ClNO/c14-12-6-2-1-5-11(12)9-13(10-16)7-3-4-8-15-13/h1-2,5-6,15-16H,3-4,7-10H2. The number of benzene rings is 1. The zero-order chi connectivity index (χ0) is 11.4. The first-order chi connectivity index (χ1) is 7.76. The Kier molecular flexibility index (Phi) is 3.85. The van der Waals surface area contributed by atoms with Crippen LogP contribution in [-0.4, -0.2) is 23.8 Å². The minimum absolute atomic E-state index is 0.163. The van der Waals surface area contributed by atoms with Crippen molar-refractivity contribution in [3.63, 3.8) is 0 Å². The number of halogens is 1. The van der Waals surface area contributed by atoms with Crippen LogP contribution in [0.1, 0.15) is 24.8 Å². The SMILES string of the molecule is OCC1(Cc2ccccc2Cl)CCCCN1. The summed E-state index contributed by atoms with van der Waals surface area (Å²) >= 11 is 6.15. The van der Waals surface area contributed by atoms with Crippen molar-refractivity contribution in [3.8, 4) is 0 Å². The lowest BCUT2D eigenvalue weighted by molar-refractivity contribution is 0.131. The Labute approximate surface area is 102 Å². The van der Waals surface area contributed by atoms with Gasteiger partial charge in [0.25, 0.3) is 0 Å². The van der Waals surface area contributed by atoms with Crippen LogP contribution < -0.4 is 5.32 Å². The minimum atomic E-state index is -0.163. The Morgan fingerprint density at radius 2 is 2.12 bits per heavy atom. The fourth-order valence-electron chi connectivity index (χ4n) is 2.38. The van der Waals surface area contributed by atoms with Crippen LogP contribution in [0.15, 0.2) is 24.3 Å². The van der Waals surface area contributed by atoms with Crippen LogP contribution in [0.25, 0.3) is 0 Å². The smallest absolute Gasteiger partial charge is 0.0616 e. The number of nitrogens with one attached hydrogen (secondary N) is 1. The normalized spacial score (nSPS) is 25.6. The summed E-state index contributed by atoms with van der Waals surface area (Å²) in [4.78, 5) is 0. The molecule has 88 valence electrons. The second-order valence-electron chi connectivity index (χ2n) is 4.59. The molecule has 1 aromatic rings. The van der Waals surface area contributed by atoms with Gasteiger partial charge in [0, 0.05) is 10.6 Å². The Balaban J connectivity index is 2.15. The van der Waals surface area contributed by atoms with Gasteiger partial charge in [-0.3, -0.25) is 0 Å². The Bertz CT molecular complexity index is 348. The van der Waals surface area contributed by atoms with Crippen molar-refractivity contribution >= 4 is 11.6 Å². The van der Waals surface area contributed by atoms with Crippen LogP contribution in [0.4, 0.5) is 0 Å². The largest absolute Gasteiger partial charge is 0.394 e. The van der Waals surface area contributed by atoms with Gasteiger partial charge in [-0.1, -0.05) is 36.2 Å². The van der Waals surface area contributed by atoms with E-state index in [1.54, 1.807) is 0 Å². The predicted octanol–water partition coefficient (Wildman–Crippen LogP) is 2.39. The third kappa shape index (κ3) is 2.57. The third-order valence-corrected chi connectivity index (χ3v) is 3.74. The summed E-state index contributed by atoms with van der Waals surface area (Å²) in [7, 11) is 0. The molecule has 0 bridgehead atoms. The first-order valence-corrected chi connectivity index (χ1v) is 6.23. The number of hydrogen-bond acceptors (Lipinski definition) is 2. The van der Waals surface area contributed by atoms with Crippen molar-refractivity contribution < 1.29 is 5.11 Å². The van der Waals surface area contributed by atoms with Crippen molar-refractivity contribution in [1.82, 2.24) is 5.32 Å². The lowest BCUT2D eigenvalue weighted by Crippen LogP contribution is -2.53. The first-order valence-electron chi connectivity index (χ1n) is 5.85. The molecular formula is C13H18ClNO. The van der Waals surface area contributed by atoms with Gasteiger partial charge in [-0.05, 0) is 37.4 Å². The van der Waals surface area contributed by atoms with Crippen LogP contribution in [0.3, 0.4) is 0 Å². The molecular weight excluding hydrogens is 222 g/mol. The highest BCUT2D eigenvalue weighted by molar-refractivity contribution is 6.31. The van der Waals surface area contributed by atoms with E-state index in [0.29, 0.717) is 0 Å². The number of piperidine rings is 1. The molecule has 2 N–H and O–H groups in total. The van der Waals surface area contributed by atoms with Crippen LogP contribution in [0.2, 0.25) is 5.02 Å². The molecule has 1 aromatic carbocycles. The molecule has 3 heteroatoms. The van der Waals surface area contributed by atoms with E-state index in [0.717, 1.165) is 30.0 Å². The van der Waals surface area contributed by atoms with Gasteiger partial charge in [0.05, 0.1) is 6.61 Å². The molecule has 1 heterocycles. The van der Waals surface area contributed by atoms with Gasteiger partial charge < -0.3 is 10.4 Å². The Hall–Kier alpha value is -0.570. The maximum atomic E-state index is 9.59. The fourth-order valence-corrected chi connectivity index (χ4v) is 2.58. The monoisotopic (exact) mass is 239 g/mol. The number of hydrogen-bond donors (Lipinski definition) is 2. The maximum Gasteiger partial charge on any atom is 0.0616 e. The van der Waals surface area contributed by atoms with Crippen LogP contribution >= 0.6 is 11.6 Å². The van der Waals surface area contributed by atoms with Crippen LogP contribution in [0.5, 0.6) is 0 Å². The second-order valence-corrected chi connectivity index (χ2v) is 5.00. The summed E-state index contributed by atoms with van der Waals surface area (Å²) in [6, 6.07) is 7.88. The van der Waals surface area contributed by atoms with Crippen LogP contribution in [0, 0.1) is 0 Å². The summed E-state index contributed by atoms with van der Waals surface area (Å²) in [5.41, 5.74) is 0.955. The fraction of sp³-hybridized carbons (Fsp3) is 0.538. The highest BCUT2D eigenvalue weighted by atomic mass is 35.5. The van der Waals surface area contributed by atoms with E-state index in [1.165, 1.54) is 12.8 Å². The van der Waals surface area contributed by atoms with Gasteiger partial charge in [-0.15, -0.1) is 0 Å². The lowest BCUT2D eigenvalue weighted by Gasteiger charge is -2.37. The average Bonchev–Trinajstić information content (AvgIpc) is 2.33. The topological polar surface area (TPSA) is 32.3 Å². The highest BCUT2D eigenvalue weighted by Crippen LogP contribution is 2.26. The average molecular weight is 240 g/mol. The molecule has 0 aliphatic carbocycles.